The predicted octanol–water partition coefficient (Wildman–Crippen LogP) is 5.01. The van der Waals surface area contributed by atoms with Crippen molar-refractivity contribution in [1.82, 2.24) is 14.8 Å². The fourth-order valence-electron chi connectivity index (χ4n) is 4.35. The number of para-hydroxylation sites is 1. The number of pyridine rings is 1. The Hall–Kier alpha value is -4.46. The van der Waals surface area contributed by atoms with Crippen molar-refractivity contribution in [3.05, 3.63) is 84.2 Å². The number of aryl methyl sites for hydroxylation is 1. The Morgan fingerprint density at radius 3 is 2.71 bits per heavy atom. The van der Waals surface area contributed by atoms with Gasteiger partial charge in [-0.3, -0.25) is 9.48 Å². The summed E-state index contributed by atoms with van der Waals surface area (Å²) in [6.07, 6.45) is 1.54. The number of benzene rings is 3. The number of aliphatic carboxylic acids is 1. The van der Waals surface area contributed by atoms with Gasteiger partial charge in [0.25, 0.3) is 0 Å². The normalized spacial score (nSPS) is 11.2. The summed E-state index contributed by atoms with van der Waals surface area (Å²) in [4.78, 5) is 15.4. The van der Waals surface area contributed by atoms with E-state index >= 15 is 0 Å². The molecule has 0 bridgehead atoms. The summed E-state index contributed by atoms with van der Waals surface area (Å²) in [6.45, 7) is -0.305. The van der Waals surface area contributed by atoms with Gasteiger partial charge in [0.05, 0.1) is 18.5 Å². The van der Waals surface area contributed by atoms with Crippen LogP contribution in [0.25, 0.3) is 32.8 Å². The van der Waals surface area contributed by atoms with Crippen molar-refractivity contribution in [3.8, 4) is 16.9 Å². The van der Waals surface area contributed by atoms with E-state index in [1.54, 1.807) is 35.1 Å². The summed E-state index contributed by atoms with van der Waals surface area (Å²) in [6, 6.07) is 20.8. The molecule has 0 saturated heterocycles. The molecule has 8 heteroatoms. The van der Waals surface area contributed by atoms with Crippen LogP contribution in [0.5, 0.6) is 5.75 Å². The van der Waals surface area contributed by atoms with Gasteiger partial charge in [0, 0.05) is 22.5 Å². The molecule has 0 fully saturated rings. The summed E-state index contributed by atoms with van der Waals surface area (Å²) < 4.78 is 20.9. The highest BCUT2D eigenvalue weighted by atomic mass is 19.1. The van der Waals surface area contributed by atoms with Crippen LogP contribution >= 0.6 is 0 Å². The topological polar surface area (TPSA) is 103 Å². The van der Waals surface area contributed by atoms with E-state index in [0.29, 0.717) is 22.8 Å². The largest absolute Gasteiger partial charge is 0.487 e. The molecule has 35 heavy (non-hydrogen) atoms. The number of halogens is 1. The van der Waals surface area contributed by atoms with E-state index in [1.807, 2.05) is 42.5 Å². The number of hydrogen-bond donors (Lipinski definition) is 2. The number of nitrogens with zero attached hydrogens (tertiary/aromatic N) is 3. The Balaban J connectivity index is 1.56. The van der Waals surface area contributed by atoms with Crippen LogP contribution in [0.3, 0.4) is 0 Å². The number of anilines is 1. The molecular formula is C27H23FN4O3. The number of carboxylic acid groups (broad SMARTS) is 1. The number of carbonyl (C=O) groups is 1. The minimum atomic E-state index is -0.936. The second kappa shape index (κ2) is 9.42. The number of carboxylic acids is 1. The lowest BCUT2D eigenvalue weighted by atomic mass is 9.97. The van der Waals surface area contributed by atoms with Crippen LogP contribution in [0.4, 0.5) is 10.2 Å². The highest BCUT2D eigenvalue weighted by Crippen LogP contribution is 2.33. The van der Waals surface area contributed by atoms with Gasteiger partial charge in [-0.25, -0.2) is 9.37 Å². The number of rotatable bonds is 8. The Bertz CT molecular complexity index is 1550. The van der Waals surface area contributed by atoms with Gasteiger partial charge in [-0.15, -0.1) is 0 Å². The minimum Gasteiger partial charge on any atom is -0.487 e. The highest BCUT2D eigenvalue weighted by Gasteiger charge is 2.15. The summed E-state index contributed by atoms with van der Waals surface area (Å²) in [5.74, 6) is 0.0147. The zero-order valence-corrected chi connectivity index (χ0v) is 18.8. The molecule has 0 radical (unpaired) electrons. The second-order valence-corrected chi connectivity index (χ2v) is 8.15. The predicted molar refractivity (Wildman–Crippen MR) is 133 cm³/mol. The number of aromatic nitrogens is 3. The molecule has 2 aromatic heterocycles. The number of alkyl halides is 1. The standard InChI is InChI=1S/C27H23FN4O3/c28-11-13-32-24-9-8-17(19-5-3-6-21-20(19)10-12-30-27(21)29)14-22(24)23(31-32)16-35-25-7-2-1-4-18(25)15-26(33)34/h1-10,12,14H,11,13,15-16H2,(H2,29,30)(H,33,34). The van der Waals surface area contributed by atoms with E-state index < -0.39 is 12.6 Å². The molecule has 176 valence electrons. The molecular weight excluding hydrogens is 447 g/mol. The number of ether oxygens (including phenoxy) is 1. The van der Waals surface area contributed by atoms with Gasteiger partial charge in [-0.05, 0) is 40.8 Å². The van der Waals surface area contributed by atoms with Gasteiger partial charge in [0.1, 0.15) is 30.5 Å². The molecule has 0 unspecified atom stereocenters. The first-order chi connectivity index (χ1) is 17.0. The molecule has 0 aliphatic heterocycles. The van der Waals surface area contributed by atoms with E-state index in [4.69, 9.17) is 10.5 Å². The van der Waals surface area contributed by atoms with Crippen molar-refractivity contribution < 1.29 is 19.0 Å². The number of hydrogen-bond acceptors (Lipinski definition) is 5. The third kappa shape index (κ3) is 4.38. The van der Waals surface area contributed by atoms with E-state index in [1.165, 1.54) is 0 Å². The third-order valence-electron chi connectivity index (χ3n) is 5.95. The smallest absolute Gasteiger partial charge is 0.307 e. The monoisotopic (exact) mass is 470 g/mol. The first-order valence-corrected chi connectivity index (χ1v) is 11.2. The highest BCUT2D eigenvalue weighted by molar-refractivity contribution is 6.02. The molecule has 2 heterocycles. The molecule has 0 spiro atoms. The fraction of sp³-hybridized carbons (Fsp3) is 0.148. The summed E-state index contributed by atoms with van der Waals surface area (Å²) in [5.41, 5.74) is 10.0. The van der Waals surface area contributed by atoms with Crippen LogP contribution in [0.1, 0.15) is 11.3 Å². The lowest BCUT2D eigenvalue weighted by molar-refractivity contribution is -0.136. The Labute approximate surface area is 200 Å². The maximum Gasteiger partial charge on any atom is 0.307 e. The fourth-order valence-corrected chi connectivity index (χ4v) is 4.35. The van der Waals surface area contributed by atoms with Crippen molar-refractivity contribution in [3.63, 3.8) is 0 Å². The Morgan fingerprint density at radius 1 is 1.03 bits per heavy atom. The van der Waals surface area contributed by atoms with Gasteiger partial charge in [0.15, 0.2) is 0 Å². The molecule has 5 rings (SSSR count). The molecule has 3 N–H and O–H groups in total. The zero-order chi connectivity index (χ0) is 24.4. The molecule has 0 aliphatic carbocycles. The van der Waals surface area contributed by atoms with Crippen LogP contribution < -0.4 is 10.5 Å². The first-order valence-electron chi connectivity index (χ1n) is 11.2. The zero-order valence-electron chi connectivity index (χ0n) is 18.8. The summed E-state index contributed by atoms with van der Waals surface area (Å²) >= 11 is 0. The van der Waals surface area contributed by atoms with Gasteiger partial charge in [-0.1, -0.05) is 42.5 Å². The lowest BCUT2D eigenvalue weighted by Gasteiger charge is -2.10. The quantitative estimate of drug-likeness (QED) is 0.330. The minimum absolute atomic E-state index is 0.113. The van der Waals surface area contributed by atoms with Crippen molar-refractivity contribution >= 4 is 33.5 Å². The SMILES string of the molecule is Nc1nccc2c(-c3ccc4c(c3)c(COc3ccccc3CC(=O)O)nn4CCF)cccc12. The van der Waals surface area contributed by atoms with Gasteiger partial charge < -0.3 is 15.6 Å². The van der Waals surface area contributed by atoms with Gasteiger partial charge >= 0.3 is 5.97 Å². The lowest BCUT2D eigenvalue weighted by Crippen LogP contribution is -2.05. The Kier molecular flexibility index (Phi) is 6.01. The molecule has 0 saturated carbocycles. The maximum absolute atomic E-state index is 13.2. The van der Waals surface area contributed by atoms with Crippen LogP contribution in [0.15, 0.2) is 72.9 Å². The molecule has 7 nitrogen and oxygen atoms in total. The summed E-state index contributed by atoms with van der Waals surface area (Å²) in [5, 5.41) is 16.5. The van der Waals surface area contributed by atoms with Crippen molar-refractivity contribution in [2.24, 2.45) is 0 Å². The van der Waals surface area contributed by atoms with Gasteiger partial charge in [-0.2, -0.15) is 5.10 Å². The first kappa shape index (κ1) is 22.3. The number of fused-ring (bicyclic) bond motifs is 2. The van der Waals surface area contributed by atoms with Gasteiger partial charge in [0.2, 0.25) is 0 Å². The average Bonchev–Trinajstić information content (AvgIpc) is 3.20. The Morgan fingerprint density at radius 2 is 1.89 bits per heavy atom. The van der Waals surface area contributed by atoms with Crippen LogP contribution in [0.2, 0.25) is 0 Å². The number of nitrogen functional groups attached to an aromatic ring is 1. The number of nitrogens with two attached hydrogens (primary N) is 1. The van der Waals surface area contributed by atoms with E-state index in [0.717, 1.165) is 32.8 Å². The van der Waals surface area contributed by atoms with Crippen LogP contribution in [0, 0.1) is 0 Å². The van der Waals surface area contributed by atoms with E-state index in [-0.39, 0.29) is 19.6 Å². The third-order valence-corrected chi connectivity index (χ3v) is 5.95. The van der Waals surface area contributed by atoms with Crippen molar-refractivity contribution in [2.45, 2.75) is 19.6 Å². The molecule has 0 amide bonds. The van der Waals surface area contributed by atoms with Crippen LogP contribution in [-0.2, 0) is 24.4 Å². The average molecular weight is 471 g/mol. The molecule has 3 aromatic carbocycles. The van der Waals surface area contributed by atoms with E-state index in [9.17, 15) is 14.3 Å². The van der Waals surface area contributed by atoms with E-state index in [2.05, 4.69) is 10.1 Å². The van der Waals surface area contributed by atoms with Crippen molar-refractivity contribution in [2.75, 3.05) is 12.4 Å². The molecule has 0 atom stereocenters. The molecule has 5 aromatic rings. The summed E-state index contributed by atoms with van der Waals surface area (Å²) in [7, 11) is 0. The molecule has 0 aliphatic rings. The second-order valence-electron chi connectivity index (χ2n) is 8.15. The van der Waals surface area contributed by atoms with Crippen molar-refractivity contribution in [1.29, 1.82) is 0 Å². The van der Waals surface area contributed by atoms with Crippen LogP contribution in [-0.4, -0.2) is 32.5 Å². The maximum atomic E-state index is 13.2.